The molecule has 0 spiro atoms. The van der Waals surface area contributed by atoms with Crippen molar-refractivity contribution in [1.29, 1.82) is 0 Å². The van der Waals surface area contributed by atoms with Crippen molar-refractivity contribution in [2.24, 2.45) is 0 Å². The highest BCUT2D eigenvalue weighted by Crippen LogP contribution is 2.19. The number of hydrogen-bond acceptors (Lipinski definition) is 4. The first-order valence-corrected chi connectivity index (χ1v) is 8.14. The van der Waals surface area contributed by atoms with Crippen LogP contribution in [0.3, 0.4) is 0 Å². The molecule has 1 heterocycles. The number of aromatic nitrogens is 1. The predicted octanol–water partition coefficient (Wildman–Crippen LogP) is 2.12. The summed E-state index contributed by atoms with van der Waals surface area (Å²) in [5, 5.41) is 8.79. The number of anilines is 1. The Morgan fingerprint density at radius 3 is 2.52 bits per heavy atom. The lowest BCUT2D eigenvalue weighted by atomic mass is 10.1. The first-order chi connectivity index (χ1) is 10.0. The number of hydrogen-bond donors (Lipinski definition) is 2. The Bertz CT molecular complexity index is 697. The van der Waals surface area contributed by atoms with Crippen molar-refractivity contribution in [2.75, 3.05) is 11.3 Å². The van der Waals surface area contributed by atoms with E-state index in [9.17, 15) is 8.42 Å². The van der Waals surface area contributed by atoms with E-state index in [1.807, 2.05) is 6.92 Å². The topological polar surface area (TPSA) is 79.3 Å². The van der Waals surface area contributed by atoms with Crippen LogP contribution in [-0.4, -0.2) is 25.1 Å². The number of nitrogens with zero attached hydrogens (tertiary/aromatic N) is 1. The van der Waals surface area contributed by atoms with Crippen LogP contribution in [0.25, 0.3) is 0 Å². The molecule has 0 amide bonds. The molecule has 2 aromatic rings. The molecule has 21 heavy (non-hydrogen) atoms. The average molecular weight is 306 g/mol. The smallest absolute Gasteiger partial charge is 0.261 e. The molecule has 0 atom stereocenters. The second-order valence-corrected chi connectivity index (χ2v) is 6.45. The fourth-order valence-corrected chi connectivity index (χ4v) is 3.01. The summed E-state index contributed by atoms with van der Waals surface area (Å²) < 4.78 is 27.1. The molecule has 6 heteroatoms. The van der Waals surface area contributed by atoms with E-state index in [0.717, 1.165) is 17.5 Å². The normalized spacial score (nSPS) is 11.3. The highest BCUT2D eigenvalue weighted by atomic mass is 32.2. The van der Waals surface area contributed by atoms with Gasteiger partial charge in [-0.25, -0.2) is 8.42 Å². The maximum Gasteiger partial charge on any atom is 0.261 e. The molecule has 0 saturated carbocycles. The molecular formula is C15H18N2O3S. The molecule has 1 aromatic heterocycles. The lowest BCUT2D eigenvalue weighted by molar-refractivity contribution is 0.288. The third-order valence-corrected chi connectivity index (χ3v) is 4.52. The quantitative estimate of drug-likeness (QED) is 0.856. The van der Waals surface area contributed by atoms with E-state index in [4.69, 9.17) is 5.11 Å². The van der Waals surface area contributed by atoms with Gasteiger partial charge in [0.2, 0.25) is 0 Å². The Kier molecular flexibility index (Phi) is 4.93. The number of aliphatic hydroxyl groups excluding tert-OH is 1. The van der Waals surface area contributed by atoms with Gasteiger partial charge in [0.1, 0.15) is 0 Å². The first-order valence-electron chi connectivity index (χ1n) is 6.66. The van der Waals surface area contributed by atoms with Crippen LogP contribution in [-0.2, 0) is 16.4 Å². The fourth-order valence-electron chi connectivity index (χ4n) is 1.89. The summed E-state index contributed by atoms with van der Waals surface area (Å²) in [4.78, 5) is 4.13. The number of aliphatic hydroxyl groups is 1. The van der Waals surface area contributed by atoms with Gasteiger partial charge in [0, 0.05) is 12.8 Å². The van der Waals surface area contributed by atoms with Crippen molar-refractivity contribution in [3.8, 4) is 0 Å². The zero-order valence-electron chi connectivity index (χ0n) is 11.8. The van der Waals surface area contributed by atoms with Crippen LogP contribution in [0.1, 0.15) is 17.5 Å². The molecule has 0 bridgehead atoms. The number of pyridine rings is 1. The molecule has 112 valence electrons. The molecular weight excluding hydrogens is 288 g/mol. The van der Waals surface area contributed by atoms with Crippen molar-refractivity contribution in [1.82, 2.24) is 4.98 Å². The standard InChI is InChI=1S/C15H18N2O3S/c1-12-8-9-16-11-15(12)17-21(19,20)14-6-4-13(5-7-14)3-2-10-18/h4-9,11,17-18H,2-3,10H2,1H3. The minimum atomic E-state index is -3.61. The molecule has 0 radical (unpaired) electrons. The Morgan fingerprint density at radius 2 is 1.90 bits per heavy atom. The first kappa shape index (κ1) is 15.5. The largest absolute Gasteiger partial charge is 0.396 e. The summed E-state index contributed by atoms with van der Waals surface area (Å²) in [6.07, 6.45) is 4.50. The average Bonchev–Trinajstić information content (AvgIpc) is 2.48. The van der Waals surface area contributed by atoms with Gasteiger partial charge in [-0.15, -0.1) is 0 Å². The lowest BCUT2D eigenvalue weighted by Gasteiger charge is -2.10. The van der Waals surface area contributed by atoms with Gasteiger partial charge in [-0.1, -0.05) is 12.1 Å². The summed E-state index contributed by atoms with van der Waals surface area (Å²) in [7, 11) is -3.61. The van der Waals surface area contributed by atoms with E-state index in [0.29, 0.717) is 12.1 Å². The van der Waals surface area contributed by atoms with Crippen LogP contribution >= 0.6 is 0 Å². The minimum Gasteiger partial charge on any atom is -0.396 e. The number of sulfonamides is 1. The number of rotatable bonds is 6. The van der Waals surface area contributed by atoms with Crippen molar-refractivity contribution < 1.29 is 13.5 Å². The van der Waals surface area contributed by atoms with Gasteiger partial charge in [0.05, 0.1) is 16.8 Å². The van der Waals surface area contributed by atoms with Crippen LogP contribution in [0.5, 0.6) is 0 Å². The second-order valence-electron chi connectivity index (χ2n) is 4.77. The molecule has 0 aliphatic rings. The maximum absolute atomic E-state index is 12.3. The van der Waals surface area contributed by atoms with Crippen molar-refractivity contribution in [2.45, 2.75) is 24.7 Å². The Morgan fingerprint density at radius 1 is 1.19 bits per heavy atom. The lowest BCUT2D eigenvalue weighted by Crippen LogP contribution is -2.14. The SMILES string of the molecule is Cc1ccncc1NS(=O)(=O)c1ccc(CCCO)cc1. The van der Waals surface area contributed by atoms with Crippen LogP contribution in [0.4, 0.5) is 5.69 Å². The maximum atomic E-state index is 12.3. The molecule has 0 fully saturated rings. The fraction of sp³-hybridized carbons (Fsp3) is 0.267. The summed E-state index contributed by atoms with van der Waals surface area (Å²) in [5.74, 6) is 0. The van der Waals surface area contributed by atoms with E-state index in [2.05, 4.69) is 9.71 Å². The van der Waals surface area contributed by atoms with Crippen LogP contribution < -0.4 is 4.72 Å². The monoisotopic (exact) mass is 306 g/mol. The molecule has 5 nitrogen and oxygen atoms in total. The number of aryl methyl sites for hydroxylation is 2. The minimum absolute atomic E-state index is 0.127. The third-order valence-electron chi connectivity index (χ3n) is 3.14. The van der Waals surface area contributed by atoms with Gasteiger partial charge >= 0.3 is 0 Å². The van der Waals surface area contributed by atoms with E-state index < -0.39 is 10.0 Å². The predicted molar refractivity (Wildman–Crippen MR) is 81.6 cm³/mol. The number of nitrogens with one attached hydrogen (secondary N) is 1. The molecule has 0 aliphatic carbocycles. The van der Waals surface area contributed by atoms with Crippen LogP contribution in [0.2, 0.25) is 0 Å². The molecule has 0 unspecified atom stereocenters. The van der Waals surface area contributed by atoms with E-state index in [-0.39, 0.29) is 11.5 Å². The highest BCUT2D eigenvalue weighted by Gasteiger charge is 2.15. The van der Waals surface area contributed by atoms with Crippen LogP contribution in [0, 0.1) is 6.92 Å². The molecule has 1 aromatic carbocycles. The Hall–Kier alpha value is -1.92. The van der Waals surface area contributed by atoms with Gasteiger partial charge in [-0.2, -0.15) is 0 Å². The summed E-state index contributed by atoms with van der Waals surface area (Å²) in [6.45, 7) is 1.94. The van der Waals surface area contributed by atoms with Crippen molar-refractivity contribution in [3.05, 3.63) is 53.9 Å². The molecule has 2 N–H and O–H groups in total. The van der Waals surface area contributed by atoms with Crippen molar-refractivity contribution in [3.63, 3.8) is 0 Å². The number of benzene rings is 1. The van der Waals surface area contributed by atoms with Crippen LogP contribution in [0.15, 0.2) is 47.6 Å². The van der Waals surface area contributed by atoms with Gasteiger partial charge in [-0.3, -0.25) is 9.71 Å². The van der Waals surface area contributed by atoms with Gasteiger partial charge in [0.25, 0.3) is 10.0 Å². The third kappa shape index (κ3) is 4.03. The summed E-state index contributed by atoms with van der Waals surface area (Å²) in [5.41, 5.74) is 2.29. The Labute approximate surface area is 124 Å². The second kappa shape index (κ2) is 6.69. The molecule has 0 saturated heterocycles. The summed E-state index contributed by atoms with van der Waals surface area (Å²) in [6, 6.07) is 8.41. The zero-order chi connectivity index (χ0) is 15.3. The van der Waals surface area contributed by atoms with Crippen molar-refractivity contribution >= 4 is 15.7 Å². The zero-order valence-corrected chi connectivity index (χ0v) is 12.6. The van der Waals surface area contributed by atoms with Gasteiger partial charge in [0.15, 0.2) is 0 Å². The van der Waals surface area contributed by atoms with Gasteiger partial charge in [-0.05, 0) is 49.1 Å². The van der Waals surface area contributed by atoms with E-state index in [1.165, 1.54) is 6.20 Å². The van der Waals surface area contributed by atoms with E-state index in [1.54, 1.807) is 36.5 Å². The van der Waals surface area contributed by atoms with E-state index >= 15 is 0 Å². The molecule has 0 aliphatic heterocycles. The highest BCUT2D eigenvalue weighted by molar-refractivity contribution is 7.92. The van der Waals surface area contributed by atoms with Gasteiger partial charge < -0.3 is 5.11 Å². The molecule has 2 rings (SSSR count). The Balaban J connectivity index is 2.18. The summed E-state index contributed by atoms with van der Waals surface area (Å²) >= 11 is 0.